The summed E-state index contributed by atoms with van der Waals surface area (Å²) in [7, 11) is 0. The van der Waals surface area contributed by atoms with Crippen molar-refractivity contribution in [2.45, 2.75) is 89.6 Å². The maximum Gasteiger partial charge on any atom is 0.0716 e. The zero-order chi connectivity index (χ0) is 20.3. The van der Waals surface area contributed by atoms with Crippen LogP contribution in [0.2, 0.25) is 0 Å². The molecule has 0 aromatic heterocycles. The van der Waals surface area contributed by atoms with Gasteiger partial charge in [-0.25, -0.2) is 0 Å². The van der Waals surface area contributed by atoms with E-state index < -0.39 is 0 Å². The Morgan fingerprint density at radius 1 is 0.828 bits per heavy atom. The van der Waals surface area contributed by atoms with Crippen molar-refractivity contribution in [2.75, 3.05) is 6.61 Å². The van der Waals surface area contributed by atoms with Gasteiger partial charge in [-0.1, -0.05) is 49.3 Å². The molecule has 2 aliphatic carbocycles. The van der Waals surface area contributed by atoms with E-state index in [2.05, 4.69) is 43.5 Å². The Kier molecular flexibility index (Phi) is 9.54. The highest BCUT2D eigenvalue weighted by atomic mass is 16.5. The maximum atomic E-state index is 5.76. The van der Waals surface area contributed by atoms with Crippen LogP contribution in [-0.2, 0) is 11.3 Å². The smallest absolute Gasteiger partial charge is 0.0716 e. The van der Waals surface area contributed by atoms with Crippen LogP contribution in [0.3, 0.4) is 0 Å². The summed E-state index contributed by atoms with van der Waals surface area (Å²) < 4.78 is 5.76. The van der Waals surface area contributed by atoms with Gasteiger partial charge < -0.3 is 4.74 Å². The standard InChI is InChI=1S/C28H42O/c1-3-5-6-21-29-22-26-15-19-28(20-16-26)27-17-13-25(14-18-27)12-11-24-9-7-23(4-2)8-10-24/h3-4,15-16,19-20,23-25,27H,1-2,5-14,17-18,21-22H2/t23-,24-,25-,27-. The van der Waals surface area contributed by atoms with Gasteiger partial charge in [-0.3, -0.25) is 0 Å². The fourth-order valence-electron chi connectivity index (χ4n) is 5.37. The van der Waals surface area contributed by atoms with Gasteiger partial charge in [0, 0.05) is 6.61 Å². The summed E-state index contributed by atoms with van der Waals surface area (Å²) in [5.41, 5.74) is 2.84. The summed E-state index contributed by atoms with van der Waals surface area (Å²) >= 11 is 0. The Hall–Kier alpha value is -1.34. The lowest BCUT2D eigenvalue weighted by Gasteiger charge is -2.31. The molecular formula is C28H42O. The van der Waals surface area contributed by atoms with Crippen LogP contribution in [0.25, 0.3) is 0 Å². The highest BCUT2D eigenvalue weighted by molar-refractivity contribution is 5.25. The second-order valence-electron chi connectivity index (χ2n) is 9.54. The van der Waals surface area contributed by atoms with Gasteiger partial charge in [-0.15, -0.1) is 13.2 Å². The van der Waals surface area contributed by atoms with Crippen molar-refractivity contribution in [3.8, 4) is 0 Å². The molecule has 0 saturated heterocycles. The van der Waals surface area contributed by atoms with Crippen molar-refractivity contribution >= 4 is 0 Å². The van der Waals surface area contributed by atoms with Gasteiger partial charge in [-0.05, 0) is 99.0 Å². The molecule has 0 bridgehead atoms. The van der Waals surface area contributed by atoms with Gasteiger partial charge in [0.1, 0.15) is 0 Å². The van der Waals surface area contributed by atoms with Crippen LogP contribution < -0.4 is 0 Å². The normalized spacial score (nSPS) is 27.4. The molecule has 2 fully saturated rings. The van der Waals surface area contributed by atoms with E-state index in [4.69, 9.17) is 4.74 Å². The van der Waals surface area contributed by atoms with E-state index in [9.17, 15) is 0 Å². The number of benzene rings is 1. The first-order chi connectivity index (χ1) is 14.3. The lowest BCUT2D eigenvalue weighted by molar-refractivity contribution is 0.119. The molecular weight excluding hydrogens is 352 g/mol. The van der Waals surface area contributed by atoms with Gasteiger partial charge in [0.25, 0.3) is 0 Å². The molecule has 2 saturated carbocycles. The fraction of sp³-hybridized carbons (Fsp3) is 0.643. The van der Waals surface area contributed by atoms with Crippen LogP contribution in [0.1, 0.15) is 94.1 Å². The van der Waals surface area contributed by atoms with Gasteiger partial charge in [0.2, 0.25) is 0 Å². The molecule has 160 valence electrons. The molecule has 0 amide bonds. The molecule has 0 atom stereocenters. The summed E-state index contributed by atoms with van der Waals surface area (Å²) in [5, 5.41) is 0. The van der Waals surface area contributed by atoms with Crippen LogP contribution in [0.15, 0.2) is 49.6 Å². The van der Waals surface area contributed by atoms with E-state index >= 15 is 0 Å². The molecule has 0 N–H and O–H groups in total. The molecule has 0 unspecified atom stereocenters. The quantitative estimate of drug-likeness (QED) is 0.271. The third-order valence-corrected chi connectivity index (χ3v) is 7.47. The second-order valence-corrected chi connectivity index (χ2v) is 9.54. The van der Waals surface area contributed by atoms with Crippen molar-refractivity contribution in [1.82, 2.24) is 0 Å². The Balaban J connectivity index is 1.32. The molecule has 29 heavy (non-hydrogen) atoms. The van der Waals surface area contributed by atoms with Crippen LogP contribution in [-0.4, -0.2) is 6.61 Å². The average molecular weight is 395 g/mol. The zero-order valence-electron chi connectivity index (χ0n) is 18.5. The molecule has 0 radical (unpaired) electrons. The SMILES string of the molecule is C=CCCCOCc1ccc([C@H]2CC[C@H](CC[C@H]3CC[C@H](C=C)CC3)CC2)cc1. The van der Waals surface area contributed by atoms with E-state index in [0.717, 1.165) is 49.7 Å². The van der Waals surface area contributed by atoms with E-state index in [-0.39, 0.29) is 0 Å². The summed E-state index contributed by atoms with van der Waals surface area (Å²) in [4.78, 5) is 0. The Bertz CT molecular complexity index is 585. The van der Waals surface area contributed by atoms with E-state index in [1.165, 1.54) is 69.8 Å². The van der Waals surface area contributed by atoms with Crippen LogP contribution >= 0.6 is 0 Å². The third-order valence-electron chi connectivity index (χ3n) is 7.47. The van der Waals surface area contributed by atoms with Crippen LogP contribution in [0.4, 0.5) is 0 Å². The molecule has 1 nitrogen and oxygen atoms in total. The summed E-state index contributed by atoms with van der Waals surface area (Å²) in [6.45, 7) is 9.29. The molecule has 0 spiro atoms. The first-order valence-corrected chi connectivity index (χ1v) is 12.2. The molecule has 1 heteroatoms. The van der Waals surface area contributed by atoms with Crippen molar-refractivity contribution in [3.05, 3.63) is 60.7 Å². The van der Waals surface area contributed by atoms with Crippen molar-refractivity contribution in [3.63, 3.8) is 0 Å². The van der Waals surface area contributed by atoms with Gasteiger partial charge in [0.05, 0.1) is 6.61 Å². The van der Waals surface area contributed by atoms with Crippen LogP contribution in [0, 0.1) is 17.8 Å². The molecule has 1 aromatic rings. The average Bonchev–Trinajstić information content (AvgIpc) is 2.79. The number of ether oxygens (including phenoxy) is 1. The molecule has 2 aliphatic rings. The molecule has 0 aliphatic heterocycles. The molecule has 0 heterocycles. The minimum Gasteiger partial charge on any atom is -0.377 e. The Labute approximate surface area is 179 Å². The summed E-state index contributed by atoms with van der Waals surface area (Å²) in [6.07, 6.45) is 20.5. The first kappa shape index (κ1) is 22.3. The lowest BCUT2D eigenvalue weighted by Crippen LogP contribution is -2.17. The minimum atomic E-state index is 0.735. The van der Waals surface area contributed by atoms with Crippen LogP contribution in [0.5, 0.6) is 0 Å². The lowest BCUT2D eigenvalue weighted by atomic mass is 9.74. The Morgan fingerprint density at radius 2 is 1.45 bits per heavy atom. The number of unbranched alkanes of at least 4 members (excludes halogenated alkanes) is 1. The second kappa shape index (κ2) is 12.4. The van der Waals surface area contributed by atoms with Crippen molar-refractivity contribution < 1.29 is 4.74 Å². The highest BCUT2D eigenvalue weighted by Crippen LogP contribution is 2.39. The predicted molar refractivity (Wildman–Crippen MR) is 125 cm³/mol. The molecule has 1 aromatic carbocycles. The topological polar surface area (TPSA) is 9.23 Å². The molecule has 3 rings (SSSR count). The summed E-state index contributed by atoms with van der Waals surface area (Å²) in [6, 6.07) is 9.25. The minimum absolute atomic E-state index is 0.735. The Morgan fingerprint density at radius 3 is 2.03 bits per heavy atom. The number of allylic oxidation sites excluding steroid dienone is 2. The van der Waals surface area contributed by atoms with Crippen molar-refractivity contribution in [2.24, 2.45) is 17.8 Å². The summed E-state index contributed by atoms with van der Waals surface area (Å²) in [5.74, 6) is 3.55. The first-order valence-electron chi connectivity index (χ1n) is 12.2. The zero-order valence-corrected chi connectivity index (χ0v) is 18.5. The number of hydrogen-bond acceptors (Lipinski definition) is 1. The largest absolute Gasteiger partial charge is 0.377 e. The maximum absolute atomic E-state index is 5.76. The third kappa shape index (κ3) is 7.45. The highest BCUT2D eigenvalue weighted by Gasteiger charge is 2.24. The van der Waals surface area contributed by atoms with Gasteiger partial charge in [0.15, 0.2) is 0 Å². The van der Waals surface area contributed by atoms with E-state index in [1.807, 2.05) is 6.08 Å². The van der Waals surface area contributed by atoms with E-state index in [0.29, 0.717) is 0 Å². The number of rotatable bonds is 11. The van der Waals surface area contributed by atoms with Gasteiger partial charge >= 0.3 is 0 Å². The predicted octanol–water partition coefficient (Wildman–Crippen LogP) is 8.22. The monoisotopic (exact) mass is 394 g/mol. The number of hydrogen-bond donors (Lipinski definition) is 0. The fourth-order valence-corrected chi connectivity index (χ4v) is 5.37. The van der Waals surface area contributed by atoms with E-state index in [1.54, 1.807) is 5.56 Å². The van der Waals surface area contributed by atoms with Crippen molar-refractivity contribution in [1.29, 1.82) is 0 Å². The van der Waals surface area contributed by atoms with Gasteiger partial charge in [-0.2, -0.15) is 0 Å².